The van der Waals surface area contributed by atoms with Crippen molar-refractivity contribution >= 4 is 27.5 Å². The lowest BCUT2D eigenvalue weighted by atomic mass is 10.1. The third-order valence-electron chi connectivity index (χ3n) is 6.25. The number of methoxy groups -OCH3 is 1. The molecule has 0 aliphatic carbocycles. The quantitative estimate of drug-likeness (QED) is 0.377. The Balaban J connectivity index is 2.02. The van der Waals surface area contributed by atoms with Gasteiger partial charge in [0.05, 0.1) is 17.7 Å². The van der Waals surface area contributed by atoms with Gasteiger partial charge in [0.1, 0.15) is 18.3 Å². The molecule has 2 amide bonds. The lowest BCUT2D eigenvalue weighted by Crippen LogP contribution is -2.51. The van der Waals surface area contributed by atoms with E-state index in [-0.39, 0.29) is 17.3 Å². The molecular formula is C29H35N3O5S. The van der Waals surface area contributed by atoms with Crippen LogP contribution >= 0.6 is 0 Å². The molecule has 38 heavy (non-hydrogen) atoms. The molecule has 0 radical (unpaired) electrons. The summed E-state index contributed by atoms with van der Waals surface area (Å²) in [5.74, 6) is -0.219. The van der Waals surface area contributed by atoms with Crippen LogP contribution in [-0.4, -0.2) is 51.4 Å². The van der Waals surface area contributed by atoms with E-state index >= 15 is 0 Å². The van der Waals surface area contributed by atoms with E-state index in [9.17, 15) is 18.0 Å². The summed E-state index contributed by atoms with van der Waals surface area (Å²) < 4.78 is 33.9. The van der Waals surface area contributed by atoms with Crippen LogP contribution in [0.4, 0.5) is 5.69 Å². The van der Waals surface area contributed by atoms with Crippen LogP contribution in [0.2, 0.25) is 0 Å². The Bertz CT molecular complexity index is 1330. The SMILES string of the molecule is CCNC(=O)[C@@H](C)N(Cc1cccc(OC)c1)C(=O)CN(c1ccc(CC)cc1)S(=O)(=O)c1ccccc1. The molecule has 0 saturated carbocycles. The summed E-state index contributed by atoms with van der Waals surface area (Å²) in [6.45, 7) is 5.47. The first-order valence-electron chi connectivity index (χ1n) is 12.6. The lowest BCUT2D eigenvalue weighted by Gasteiger charge is -2.32. The Labute approximate surface area is 225 Å². The third kappa shape index (κ3) is 6.92. The maximum Gasteiger partial charge on any atom is 0.264 e. The summed E-state index contributed by atoms with van der Waals surface area (Å²) in [6.07, 6.45) is 0.795. The van der Waals surface area contributed by atoms with E-state index in [2.05, 4.69) is 5.32 Å². The van der Waals surface area contributed by atoms with E-state index in [1.165, 1.54) is 17.0 Å². The summed E-state index contributed by atoms with van der Waals surface area (Å²) in [4.78, 5) is 28.1. The fraction of sp³-hybridized carbons (Fsp3) is 0.310. The Kier molecular flexibility index (Phi) is 9.90. The van der Waals surface area contributed by atoms with Gasteiger partial charge in [-0.25, -0.2) is 8.42 Å². The van der Waals surface area contributed by atoms with Gasteiger partial charge in [-0.1, -0.05) is 49.4 Å². The van der Waals surface area contributed by atoms with E-state index in [1.54, 1.807) is 69.5 Å². The molecule has 0 spiro atoms. The minimum absolute atomic E-state index is 0.0727. The minimum Gasteiger partial charge on any atom is -0.497 e. The molecule has 3 rings (SSSR count). The smallest absolute Gasteiger partial charge is 0.264 e. The van der Waals surface area contributed by atoms with Gasteiger partial charge >= 0.3 is 0 Å². The van der Waals surface area contributed by atoms with Crippen molar-refractivity contribution in [1.82, 2.24) is 10.2 Å². The van der Waals surface area contributed by atoms with E-state index in [0.717, 1.165) is 21.9 Å². The lowest BCUT2D eigenvalue weighted by molar-refractivity contribution is -0.139. The second-order valence-electron chi connectivity index (χ2n) is 8.79. The summed E-state index contributed by atoms with van der Waals surface area (Å²) >= 11 is 0. The molecule has 3 aromatic rings. The number of sulfonamides is 1. The fourth-order valence-corrected chi connectivity index (χ4v) is 5.45. The van der Waals surface area contributed by atoms with Crippen molar-refractivity contribution in [2.75, 3.05) is 24.5 Å². The van der Waals surface area contributed by atoms with Crippen LogP contribution in [0.5, 0.6) is 5.75 Å². The van der Waals surface area contributed by atoms with Gasteiger partial charge in [-0.3, -0.25) is 13.9 Å². The maximum atomic E-state index is 13.8. The molecule has 1 atom stereocenters. The topological polar surface area (TPSA) is 96.0 Å². The number of hydrogen-bond donors (Lipinski definition) is 1. The average molecular weight is 538 g/mol. The molecular weight excluding hydrogens is 502 g/mol. The average Bonchev–Trinajstić information content (AvgIpc) is 2.94. The number of aryl methyl sites for hydroxylation is 1. The standard InChI is InChI=1S/C29H35N3O5S/c1-5-23-15-17-25(18-16-23)32(38(35,36)27-13-8-7-9-14-27)21-28(33)31(22(3)29(34)30-6-2)20-24-11-10-12-26(19-24)37-4/h7-19,22H,5-6,20-21H2,1-4H3,(H,30,34)/t22-/m1/s1. The zero-order valence-electron chi connectivity index (χ0n) is 22.3. The van der Waals surface area contributed by atoms with Crippen molar-refractivity contribution in [3.63, 3.8) is 0 Å². The van der Waals surface area contributed by atoms with Gasteiger partial charge in [0.15, 0.2) is 0 Å². The van der Waals surface area contributed by atoms with Gasteiger partial charge < -0.3 is 15.0 Å². The number of rotatable bonds is 12. The Morgan fingerprint density at radius 3 is 2.21 bits per heavy atom. The number of carbonyl (C=O) groups is 2. The first-order chi connectivity index (χ1) is 18.2. The first-order valence-corrected chi connectivity index (χ1v) is 14.0. The third-order valence-corrected chi connectivity index (χ3v) is 8.04. The summed E-state index contributed by atoms with van der Waals surface area (Å²) in [6, 6.07) is 21.5. The highest BCUT2D eigenvalue weighted by molar-refractivity contribution is 7.92. The van der Waals surface area contributed by atoms with Crippen molar-refractivity contribution < 1.29 is 22.7 Å². The molecule has 0 fully saturated rings. The van der Waals surface area contributed by atoms with Gasteiger partial charge in [0.2, 0.25) is 11.8 Å². The second kappa shape index (κ2) is 13.1. The van der Waals surface area contributed by atoms with Crippen LogP contribution in [0.3, 0.4) is 0 Å². The molecule has 0 bridgehead atoms. The van der Waals surface area contributed by atoms with Crippen molar-refractivity contribution in [3.8, 4) is 5.75 Å². The number of benzene rings is 3. The zero-order chi connectivity index (χ0) is 27.7. The van der Waals surface area contributed by atoms with Crippen molar-refractivity contribution in [2.45, 2.75) is 44.7 Å². The van der Waals surface area contributed by atoms with Crippen molar-refractivity contribution in [2.24, 2.45) is 0 Å². The normalized spacial score (nSPS) is 11.9. The number of ether oxygens (including phenoxy) is 1. The molecule has 0 unspecified atom stereocenters. The van der Waals surface area contributed by atoms with Crippen LogP contribution in [0.1, 0.15) is 31.9 Å². The monoisotopic (exact) mass is 537 g/mol. The predicted octanol–water partition coefficient (Wildman–Crippen LogP) is 4.01. The summed E-state index contributed by atoms with van der Waals surface area (Å²) in [5, 5.41) is 2.75. The van der Waals surface area contributed by atoms with E-state index in [1.807, 2.05) is 25.1 Å². The van der Waals surface area contributed by atoms with Crippen molar-refractivity contribution in [1.29, 1.82) is 0 Å². The number of nitrogens with one attached hydrogen (secondary N) is 1. The van der Waals surface area contributed by atoms with E-state index in [4.69, 9.17) is 4.74 Å². The van der Waals surface area contributed by atoms with Gasteiger partial charge in [-0.2, -0.15) is 0 Å². The van der Waals surface area contributed by atoms with Gasteiger partial charge in [-0.05, 0) is 67.8 Å². The number of carbonyl (C=O) groups excluding carboxylic acids is 2. The second-order valence-corrected chi connectivity index (χ2v) is 10.7. The number of likely N-dealkylation sites (N-methyl/N-ethyl adjacent to an activating group) is 1. The van der Waals surface area contributed by atoms with Gasteiger partial charge in [0, 0.05) is 13.1 Å². The molecule has 3 aromatic carbocycles. The minimum atomic E-state index is -4.08. The van der Waals surface area contributed by atoms with Crippen molar-refractivity contribution in [3.05, 3.63) is 90.0 Å². The first kappa shape index (κ1) is 28.7. The van der Waals surface area contributed by atoms with Crippen LogP contribution in [0, 0.1) is 0 Å². The molecule has 1 N–H and O–H groups in total. The Hall–Kier alpha value is -3.85. The maximum absolute atomic E-state index is 13.8. The Morgan fingerprint density at radius 1 is 0.921 bits per heavy atom. The van der Waals surface area contributed by atoms with E-state index < -0.39 is 28.5 Å². The van der Waals surface area contributed by atoms with Gasteiger partial charge in [0.25, 0.3) is 10.0 Å². The molecule has 0 aliphatic rings. The van der Waals surface area contributed by atoms with E-state index in [0.29, 0.717) is 18.0 Å². The molecule has 0 saturated heterocycles. The van der Waals surface area contributed by atoms with Crippen LogP contribution in [0.15, 0.2) is 83.8 Å². The fourth-order valence-electron chi connectivity index (χ4n) is 4.02. The number of hydrogen-bond acceptors (Lipinski definition) is 5. The van der Waals surface area contributed by atoms with Crippen LogP contribution in [0.25, 0.3) is 0 Å². The molecule has 0 heterocycles. The molecule has 0 aromatic heterocycles. The predicted molar refractivity (Wildman–Crippen MR) is 148 cm³/mol. The molecule has 9 heteroatoms. The molecule has 202 valence electrons. The summed E-state index contributed by atoms with van der Waals surface area (Å²) in [7, 11) is -2.53. The number of anilines is 1. The summed E-state index contributed by atoms with van der Waals surface area (Å²) in [5.41, 5.74) is 2.16. The highest BCUT2D eigenvalue weighted by Gasteiger charge is 2.32. The molecule has 8 nitrogen and oxygen atoms in total. The highest BCUT2D eigenvalue weighted by Crippen LogP contribution is 2.25. The Morgan fingerprint density at radius 2 is 1.61 bits per heavy atom. The largest absolute Gasteiger partial charge is 0.497 e. The number of nitrogens with zero attached hydrogens (tertiary/aromatic N) is 2. The number of amides is 2. The van der Waals surface area contributed by atoms with Crippen LogP contribution in [-0.2, 0) is 32.6 Å². The highest BCUT2D eigenvalue weighted by atomic mass is 32.2. The zero-order valence-corrected chi connectivity index (χ0v) is 23.1. The molecule has 0 aliphatic heterocycles. The van der Waals surface area contributed by atoms with Crippen LogP contribution < -0.4 is 14.4 Å². The van der Waals surface area contributed by atoms with Gasteiger partial charge in [-0.15, -0.1) is 0 Å².